The van der Waals surface area contributed by atoms with E-state index in [1.807, 2.05) is 24.3 Å². The predicted molar refractivity (Wildman–Crippen MR) is 202 cm³/mol. The Labute approximate surface area is 281 Å². The van der Waals surface area contributed by atoms with E-state index in [2.05, 4.69) is 61.6 Å². The highest BCUT2D eigenvalue weighted by atomic mass is 32.2. The molecule has 0 N–H and O–H groups in total. The summed E-state index contributed by atoms with van der Waals surface area (Å²) in [6.07, 6.45) is 30.3. The lowest BCUT2D eigenvalue weighted by Crippen LogP contribution is -2.02. The van der Waals surface area contributed by atoms with Gasteiger partial charge in [-0.3, -0.25) is 4.79 Å². The van der Waals surface area contributed by atoms with Crippen LogP contribution in [-0.4, -0.2) is 28.8 Å². The number of carbonyl (C=O) groups excluding carboxylic acids is 1. The van der Waals surface area contributed by atoms with Gasteiger partial charge in [-0.1, -0.05) is 178 Å². The van der Waals surface area contributed by atoms with Gasteiger partial charge in [0.05, 0.1) is 0 Å². The SMILES string of the molecule is CCCCCCCCCCCCSCCc1ccc(C(=O)c2ccc(CCSCCCCCCCCCCCC)cc2)cc1. The molecule has 2 rings (SSSR count). The summed E-state index contributed by atoms with van der Waals surface area (Å²) in [5.41, 5.74) is 4.27. The Kier molecular flexibility index (Phi) is 24.9. The highest BCUT2D eigenvalue weighted by Crippen LogP contribution is 2.18. The van der Waals surface area contributed by atoms with Crippen LogP contribution in [0, 0.1) is 0 Å². The molecular weight excluding hydrogens is 573 g/mol. The number of rotatable bonds is 30. The van der Waals surface area contributed by atoms with Crippen LogP contribution in [0.3, 0.4) is 0 Å². The lowest BCUT2D eigenvalue weighted by molar-refractivity contribution is 0.103. The minimum Gasteiger partial charge on any atom is -0.289 e. The highest BCUT2D eigenvalue weighted by molar-refractivity contribution is 7.99. The zero-order chi connectivity index (χ0) is 31.3. The molecule has 0 heterocycles. The fourth-order valence-electron chi connectivity index (χ4n) is 5.78. The number of hydrogen-bond acceptors (Lipinski definition) is 3. The summed E-state index contributed by atoms with van der Waals surface area (Å²) in [4.78, 5) is 13.0. The number of benzene rings is 2. The molecule has 44 heavy (non-hydrogen) atoms. The summed E-state index contributed by atoms with van der Waals surface area (Å²) < 4.78 is 0. The van der Waals surface area contributed by atoms with Gasteiger partial charge < -0.3 is 0 Å². The zero-order valence-electron chi connectivity index (χ0n) is 28.7. The quantitative estimate of drug-likeness (QED) is 0.0626. The molecule has 0 spiro atoms. The fourth-order valence-corrected chi connectivity index (χ4v) is 7.76. The highest BCUT2D eigenvalue weighted by Gasteiger charge is 2.09. The molecule has 0 aromatic heterocycles. The van der Waals surface area contributed by atoms with Gasteiger partial charge in [0.2, 0.25) is 0 Å². The molecule has 0 fully saturated rings. The van der Waals surface area contributed by atoms with Crippen LogP contribution in [0.15, 0.2) is 48.5 Å². The molecule has 0 aliphatic rings. The van der Waals surface area contributed by atoms with Gasteiger partial charge in [0.15, 0.2) is 5.78 Å². The summed E-state index contributed by atoms with van der Waals surface area (Å²) in [6.45, 7) is 4.58. The van der Waals surface area contributed by atoms with Gasteiger partial charge in [-0.2, -0.15) is 23.5 Å². The van der Waals surface area contributed by atoms with Crippen molar-refractivity contribution >= 4 is 29.3 Å². The van der Waals surface area contributed by atoms with Crippen LogP contribution in [0.25, 0.3) is 0 Å². The average molecular weight is 639 g/mol. The molecule has 0 aliphatic heterocycles. The average Bonchev–Trinajstić information content (AvgIpc) is 3.05. The van der Waals surface area contributed by atoms with Crippen molar-refractivity contribution in [3.63, 3.8) is 0 Å². The molecule has 3 heteroatoms. The normalized spacial score (nSPS) is 11.3. The number of unbranched alkanes of at least 4 members (excludes halogenated alkanes) is 18. The molecule has 248 valence electrons. The molecule has 0 bridgehead atoms. The van der Waals surface area contributed by atoms with Crippen LogP contribution >= 0.6 is 23.5 Å². The van der Waals surface area contributed by atoms with Crippen LogP contribution in [-0.2, 0) is 12.8 Å². The summed E-state index contributed by atoms with van der Waals surface area (Å²) >= 11 is 4.16. The Hall–Kier alpha value is -1.19. The molecule has 0 amide bonds. The van der Waals surface area contributed by atoms with Crippen LogP contribution < -0.4 is 0 Å². The Morgan fingerprint density at radius 2 is 0.705 bits per heavy atom. The molecule has 0 saturated heterocycles. The minimum atomic E-state index is 0.133. The topological polar surface area (TPSA) is 17.1 Å². The van der Waals surface area contributed by atoms with Gasteiger partial charge in [0, 0.05) is 11.1 Å². The Morgan fingerprint density at radius 3 is 1.02 bits per heavy atom. The van der Waals surface area contributed by atoms with Crippen LogP contribution in [0.4, 0.5) is 0 Å². The van der Waals surface area contributed by atoms with Crippen molar-refractivity contribution in [3.8, 4) is 0 Å². The van der Waals surface area contributed by atoms with Crippen LogP contribution in [0.1, 0.15) is 169 Å². The monoisotopic (exact) mass is 638 g/mol. The molecule has 1 nitrogen and oxygen atoms in total. The predicted octanol–water partition coefficient (Wildman–Crippen LogP) is 13.3. The first kappa shape index (κ1) is 39.0. The van der Waals surface area contributed by atoms with Crippen LogP contribution in [0.2, 0.25) is 0 Å². The van der Waals surface area contributed by atoms with Gasteiger partial charge in [-0.25, -0.2) is 0 Å². The maximum Gasteiger partial charge on any atom is 0.193 e. The number of hydrogen-bond donors (Lipinski definition) is 0. The summed E-state index contributed by atoms with van der Waals surface area (Å²) in [7, 11) is 0. The van der Waals surface area contributed by atoms with E-state index in [-0.39, 0.29) is 5.78 Å². The maximum absolute atomic E-state index is 13.0. The van der Waals surface area contributed by atoms with E-state index in [0.29, 0.717) is 0 Å². The number of ketones is 1. The molecule has 0 aliphatic carbocycles. The minimum absolute atomic E-state index is 0.133. The number of carbonyl (C=O) groups is 1. The third-order valence-corrected chi connectivity index (χ3v) is 10.9. The second kappa shape index (κ2) is 28.1. The van der Waals surface area contributed by atoms with Crippen molar-refractivity contribution < 1.29 is 4.79 Å². The third-order valence-electron chi connectivity index (χ3n) is 8.79. The molecule has 0 saturated carbocycles. The number of aryl methyl sites for hydroxylation is 2. The van der Waals surface area contributed by atoms with Crippen molar-refractivity contribution in [2.24, 2.45) is 0 Å². The van der Waals surface area contributed by atoms with Gasteiger partial charge in [-0.15, -0.1) is 0 Å². The van der Waals surface area contributed by atoms with E-state index in [1.165, 1.54) is 163 Å². The third kappa shape index (κ3) is 20.0. The van der Waals surface area contributed by atoms with E-state index in [4.69, 9.17) is 0 Å². The fraction of sp³-hybridized carbons (Fsp3) is 0.683. The van der Waals surface area contributed by atoms with E-state index < -0.39 is 0 Å². The second-order valence-electron chi connectivity index (χ2n) is 12.8. The Bertz CT molecular complexity index is 845. The van der Waals surface area contributed by atoms with E-state index in [9.17, 15) is 4.79 Å². The maximum atomic E-state index is 13.0. The lowest BCUT2D eigenvalue weighted by atomic mass is 10.00. The van der Waals surface area contributed by atoms with Gasteiger partial charge in [-0.05, 0) is 59.8 Å². The van der Waals surface area contributed by atoms with Crippen LogP contribution in [0.5, 0.6) is 0 Å². The van der Waals surface area contributed by atoms with Crippen molar-refractivity contribution in [1.82, 2.24) is 0 Å². The van der Waals surface area contributed by atoms with Crippen molar-refractivity contribution in [2.45, 2.75) is 155 Å². The first-order chi connectivity index (χ1) is 21.7. The molecule has 0 unspecified atom stereocenters. The first-order valence-electron chi connectivity index (χ1n) is 18.6. The molecular formula is C41H66OS2. The summed E-state index contributed by atoms with van der Waals surface area (Å²) in [5, 5.41) is 0. The van der Waals surface area contributed by atoms with E-state index in [1.54, 1.807) is 0 Å². The van der Waals surface area contributed by atoms with Crippen molar-refractivity contribution in [2.75, 3.05) is 23.0 Å². The van der Waals surface area contributed by atoms with Gasteiger partial charge in [0.1, 0.15) is 0 Å². The zero-order valence-corrected chi connectivity index (χ0v) is 30.4. The molecule has 2 aromatic rings. The largest absolute Gasteiger partial charge is 0.289 e. The smallest absolute Gasteiger partial charge is 0.193 e. The van der Waals surface area contributed by atoms with Gasteiger partial charge >= 0.3 is 0 Å². The molecule has 0 atom stereocenters. The van der Waals surface area contributed by atoms with Crippen molar-refractivity contribution in [1.29, 1.82) is 0 Å². The molecule has 0 radical (unpaired) electrons. The Morgan fingerprint density at radius 1 is 0.409 bits per heavy atom. The van der Waals surface area contributed by atoms with Gasteiger partial charge in [0.25, 0.3) is 0 Å². The van der Waals surface area contributed by atoms with E-state index in [0.717, 1.165) is 24.0 Å². The van der Waals surface area contributed by atoms with Crippen molar-refractivity contribution in [3.05, 3.63) is 70.8 Å². The lowest BCUT2D eigenvalue weighted by Gasteiger charge is -2.07. The first-order valence-corrected chi connectivity index (χ1v) is 20.9. The standard InChI is InChI=1S/C41H66OS2/c1-3-5-7-9-11-13-15-17-19-21-33-43-35-31-37-23-27-39(28-24-37)41(42)40-29-25-38(26-30-40)32-36-44-34-22-20-18-16-14-12-10-8-6-4-2/h23-30H,3-22,31-36H2,1-2H3. The summed E-state index contributed by atoms with van der Waals surface area (Å²) in [5.74, 6) is 5.03. The second-order valence-corrected chi connectivity index (χ2v) is 15.3. The Balaban J connectivity index is 1.49. The summed E-state index contributed by atoms with van der Waals surface area (Å²) in [6, 6.07) is 16.7. The van der Waals surface area contributed by atoms with E-state index >= 15 is 0 Å². The molecule has 2 aromatic carbocycles. The number of thioether (sulfide) groups is 2.